The van der Waals surface area contributed by atoms with E-state index < -0.39 is 0 Å². The Kier molecular flexibility index (Phi) is 2.17. The number of Topliss-reactive ketones (excluding diaryl/α,β-unsaturated/α-hetero) is 1. The molecule has 1 aliphatic carbocycles. The van der Waals surface area contributed by atoms with Crippen LogP contribution in [0, 0.1) is 0 Å². The predicted molar refractivity (Wildman–Crippen MR) is 50.3 cm³/mol. The minimum atomic E-state index is 0.243. The highest BCUT2D eigenvalue weighted by molar-refractivity contribution is 8.00. The van der Waals surface area contributed by atoms with Crippen molar-refractivity contribution in [1.82, 2.24) is 0 Å². The van der Waals surface area contributed by atoms with Crippen molar-refractivity contribution in [3.8, 4) is 0 Å². The molecule has 0 heterocycles. The van der Waals surface area contributed by atoms with Gasteiger partial charge in [0.15, 0.2) is 0 Å². The van der Waals surface area contributed by atoms with Crippen molar-refractivity contribution in [2.24, 2.45) is 0 Å². The molecule has 0 amide bonds. The number of hydrogen-bond acceptors (Lipinski definition) is 2. The van der Waals surface area contributed by atoms with E-state index in [-0.39, 0.29) is 5.25 Å². The van der Waals surface area contributed by atoms with Gasteiger partial charge in [-0.05, 0) is 18.6 Å². The molecule has 1 saturated carbocycles. The summed E-state index contributed by atoms with van der Waals surface area (Å²) in [5.41, 5.74) is 0. The third kappa shape index (κ3) is 1.53. The fourth-order valence-corrected chi connectivity index (χ4v) is 2.30. The largest absolute Gasteiger partial charge is 0.298 e. The molecule has 0 aliphatic heterocycles. The van der Waals surface area contributed by atoms with Crippen LogP contribution >= 0.6 is 11.8 Å². The molecular weight excluding hydrogens is 168 g/mol. The first-order chi connectivity index (χ1) is 5.86. The van der Waals surface area contributed by atoms with E-state index in [1.807, 2.05) is 18.2 Å². The molecule has 0 bridgehead atoms. The average molecular weight is 178 g/mol. The second-order valence-corrected chi connectivity index (χ2v) is 4.20. The van der Waals surface area contributed by atoms with Gasteiger partial charge >= 0.3 is 0 Å². The van der Waals surface area contributed by atoms with Crippen LogP contribution in [-0.4, -0.2) is 11.0 Å². The third-order valence-electron chi connectivity index (χ3n) is 2.03. The number of rotatable bonds is 2. The van der Waals surface area contributed by atoms with Gasteiger partial charge in [-0.15, -0.1) is 11.8 Å². The number of carbonyl (C=O) groups is 1. The van der Waals surface area contributed by atoms with Crippen molar-refractivity contribution in [1.29, 1.82) is 0 Å². The number of hydrogen-bond donors (Lipinski definition) is 0. The lowest BCUT2D eigenvalue weighted by Gasteiger charge is -2.22. The number of ketones is 1. The van der Waals surface area contributed by atoms with Gasteiger partial charge in [0.1, 0.15) is 5.78 Å². The van der Waals surface area contributed by atoms with Crippen LogP contribution in [0.1, 0.15) is 12.8 Å². The van der Waals surface area contributed by atoms with Crippen molar-refractivity contribution in [2.75, 3.05) is 0 Å². The van der Waals surface area contributed by atoms with Gasteiger partial charge in [-0.3, -0.25) is 4.79 Å². The van der Waals surface area contributed by atoms with Gasteiger partial charge in [0.2, 0.25) is 0 Å². The van der Waals surface area contributed by atoms with Crippen molar-refractivity contribution in [2.45, 2.75) is 23.0 Å². The smallest absolute Gasteiger partial charge is 0.146 e. The molecule has 0 N–H and O–H groups in total. The van der Waals surface area contributed by atoms with E-state index in [4.69, 9.17) is 0 Å². The van der Waals surface area contributed by atoms with E-state index in [9.17, 15) is 4.79 Å². The SMILES string of the molecule is O=C1CCC1Sc1ccccc1. The molecule has 2 rings (SSSR count). The topological polar surface area (TPSA) is 17.1 Å². The lowest BCUT2D eigenvalue weighted by molar-refractivity contribution is -0.122. The Morgan fingerprint density at radius 3 is 2.50 bits per heavy atom. The Labute approximate surface area is 76.2 Å². The van der Waals surface area contributed by atoms with E-state index in [0.717, 1.165) is 12.8 Å². The van der Waals surface area contributed by atoms with Crippen molar-refractivity contribution >= 4 is 17.5 Å². The molecule has 1 unspecified atom stereocenters. The highest BCUT2D eigenvalue weighted by Gasteiger charge is 2.28. The number of benzene rings is 1. The van der Waals surface area contributed by atoms with Crippen LogP contribution in [0.25, 0.3) is 0 Å². The number of carbonyl (C=O) groups excluding carboxylic acids is 1. The fraction of sp³-hybridized carbons (Fsp3) is 0.300. The summed E-state index contributed by atoms with van der Waals surface area (Å²) < 4.78 is 0. The maximum atomic E-state index is 11.0. The minimum Gasteiger partial charge on any atom is -0.298 e. The first-order valence-electron chi connectivity index (χ1n) is 4.11. The van der Waals surface area contributed by atoms with Gasteiger partial charge in [0, 0.05) is 11.3 Å². The molecule has 0 aromatic heterocycles. The molecule has 0 saturated heterocycles. The molecule has 12 heavy (non-hydrogen) atoms. The van der Waals surface area contributed by atoms with Crippen LogP contribution in [0.2, 0.25) is 0 Å². The Balaban J connectivity index is 2.00. The zero-order chi connectivity index (χ0) is 8.39. The van der Waals surface area contributed by atoms with Gasteiger partial charge in [0.05, 0.1) is 5.25 Å². The molecule has 1 nitrogen and oxygen atoms in total. The Bertz CT molecular complexity index is 281. The summed E-state index contributed by atoms with van der Waals surface area (Å²) >= 11 is 1.69. The summed E-state index contributed by atoms with van der Waals surface area (Å²) in [5, 5.41) is 0.243. The van der Waals surface area contributed by atoms with Crippen molar-refractivity contribution in [3.63, 3.8) is 0 Å². The van der Waals surface area contributed by atoms with Crippen LogP contribution in [0.4, 0.5) is 0 Å². The summed E-state index contributed by atoms with van der Waals surface area (Å²) in [6.45, 7) is 0. The highest BCUT2D eigenvalue weighted by Crippen LogP contribution is 2.33. The van der Waals surface area contributed by atoms with Crippen molar-refractivity contribution < 1.29 is 4.79 Å². The summed E-state index contributed by atoms with van der Waals surface area (Å²) in [5.74, 6) is 0.406. The predicted octanol–water partition coefficient (Wildman–Crippen LogP) is 2.51. The first-order valence-corrected chi connectivity index (χ1v) is 4.98. The molecule has 1 aromatic rings. The summed E-state index contributed by atoms with van der Waals surface area (Å²) in [6.07, 6.45) is 1.84. The summed E-state index contributed by atoms with van der Waals surface area (Å²) in [4.78, 5) is 12.2. The van der Waals surface area contributed by atoms with Crippen LogP contribution < -0.4 is 0 Å². The molecule has 1 aliphatic rings. The fourth-order valence-electron chi connectivity index (χ4n) is 1.17. The molecule has 1 fully saturated rings. The molecule has 0 radical (unpaired) electrons. The molecular formula is C10H10OS. The standard InChI is InChI=1S/C10H10OS/c11-9-6-7-10(9)12-8-4-2-1-3-5-8/h1-5,10H,6-7H2. The van der Waals surface area contributed by atoms with Crippen LogP contribution in [0.15, 0.2) is 35.2 Å². The van der Waals surface area contributed by atoms with Gasteiger partial charge in [0.25, 0.3) is 0 Å². The highest BCUT2D eigenvalue weighted by atomic mass is 32.2. The van der Waals surface area contributed by atoms with Gasteiger partial charge < -0.3 is 0 Å². The van der Waals surface area contributed by atoms with Gasteiger partial charge in [-0.2, -0.15) is 0 Å². The van der Waals surface area contributed by atoms with E-state index in [1.54, 1.807) is 11.8 Å². The van der Waals surface area contributed by atoms with Crippen LogP contribution in [0.3, 0.4) is 0 Å². The summed E-state index contributed by atoms with van der Waals surface area (Å²) in [6, 6.07) is 10.1. The van der Waals surface area contributed by atoms with Crippen LogP contribution in [-0.2, 0) is 4.79 Å². The van der Waals surface area contributed by atoms with E-state index in [1.165, 1.54) is 4.90 Å². The van der Waals surface area contributed by atoms with Gasteiger partial charge in [-0.1, -0.05) is 18.2 Å². The normalized spacial score (nSPS) is 22.0. The minimum absolute atomic E-state index is 0.243. The quantitative estimate of drug-likeness (QED) is 0.692. The zero-order valence-electron chi connectivity index (χ0n) is 6.69. The zero-order valence-corrected chi connectivity index (χ0v) is 7.51. The average Bonchev–Trinajstić information content (AvgIpc) is 2.14. The molecule has 2 heteroatoms. The summed E-state index contributed by atoms with van der Waals surface area (Å²) in [7, 11) is 0. The molecule has 0 spiro atoms. The Morgan fingerprint density at radius 1 is 1.25 bits per heavy atom. The number of thioether (sulfide) groups is 1. The van der Waals surface area contributed by atoms with Gasteiger partial charge in [-0.25, -0.2) is 0 Å². The molecule has 62 valence electrons. The lowest BCUT2D eigenvalue weighted by atomic mass is 9.98. The second kappa shape index (κ2) is 3.31. The second-order valence-electron chi connectivity index (χ2n) is 2.92. The molecule has 1 atom stereocenters. The Hall–Kier alpha value is -0.760. The van der Waals surface area contributed by atoms with E-state index >= 15 is 0 Å². The van der Waals surface area contributed by atoms with E-state index in [0.29, 0.717) is 5.78 Å². The monoisotopic (exact) mass is 178 g/mol. The first kappa shape index (κ1) is 7.87. The third-order valence-corrected chi connectivity index (χ3v) is 3.36. The lowest BCUT2D eigenvalue weighted by Crippen LogP contribution is -2.27. The Morgan fingerprint density at radius 2 is 2.00 bits per heavy atom. The van der Waals surface area contributed by atoms with Crippen molar-refractivity contribution in [3.05, 3.63) is 30.3 Å². The maximum absolute atomic E-state index is 11.0. The van der Waals surface area contributed by atoms with Crippen LogP contribution in [0.5, 0.6) is 0 Å². The molecule has 1 aromatic carbocycles. The van der Waals surface area contributed by atoms with E-state index in [2.05, 4.69) is 12.1 Å². The maximum Gasteiger partial charge on any atom is 0.146 e.